The molecule has 4 nitrogen and oxygen atoms in total. The molecular weight excluding hydrogens is 226 g/mol. The molecule has 1 heterocycles. The van der Waals surface area contributed by atoms with Gasteiger partial charge in [0.05, 0.1) is 5.38 Å². The number of nitrogens with one attached hydrogen (secondary N) is 2. The number of anilines is 1. The Labute approximate surface area is 100 Å². The van der Waals surface area contributed by atoms with E-state index in [1.807, 2.05) is 0 Å². The first-order valence-electron chi connectivity index (χ1n) is 5.60. The van der Waals surface area contributed by atoms with Gasteiger partial charge in [0.2, 0.25) is 0 Å². The summed E-state index contributed by atoms with van der Waals surface area (Å²) in [5.41, 5.74) is -0.212. The summed E-state index contributed by atoms with van der Waals surface area (Å²) in [4.78, 5) is 17.8. The molecule has 2 N–H and O–H groups in total. The van der Waals surface area contributed by atoms with E-state index in [1.54, 1.807) is 6.20 Å². The number of rotatable bonds is 6. The number of aromatic nitrogens is 2. The lowest BCUT2D eigenvalue weighted by Gasteiger charge is -2.19. The minimum Gasteiger partial charge on any atom is -0.364 e. The largest absolute Gasteiger partial charge is 0.364 e. The molecule has 0 aliphatic heterocycles. The van der Waals surface area contributed by atoms with Gasteiger partial charge in [0.15, 0.2) is 5.82 Å². The highest BCUT2D eigenvalue weighted by atomic mass is 35.5. The molecule has 0 radical (unpaired) electrons. The molecule has 0 aliphatic carbocycles. The first-order valence-corrected chi connectivity index (χ1v) is 6.04. The lowest BCUT2D eigenvalue weighted by molar-refractivity contribution is 0.475. The molecule has 1 atom stereocenters. The van der Waals surface area contributed by atoms with Crippen LogP contribution in [0.1, 0.15) is 26.7 Å². The van der Waals surface area contributed by atoms with Crippen molar-refractivity contribution >= 4 is 17.4 Å². The Hall–Kier alpha value is -1.03. The van der Waals surface area contributed by atoms with E-state index in [1.165, 1.54) is 6.20 Å². The smallest absolute Gasteiger partial charge is 0.290 e. The predicted molar refractivity (Wildman–Crippen MR) is 67.1 cm³/mol. The Morgan fingerprint density at radius 1 is 1.50 bits per heavy atom. The molecule has 1 unspecified atom stereocenters. The fraction of sp³-hybridized carbons (Fsp3) is 0.636. The number of H-pyrrole nitrogens is 1. The van der Waals surface area contributed by atoms with E-state index in [-0.39, 0.29) is 10.9 Å². The first kappa shape index (κ1) is 13.0. The predicted octanol–water partition coefficient (Wildman–Crippen LogP) is 2.23. The normalized spacial score (nSPS) is 12.8. The molecule has 0 aliphatic rings. The van der Waals surface area contributed by atoms with Crippen molar-refractivity contribution < 1.29 is 0 Å². The molecule has 0 spiro atoms. The van der Waals surface area contributed by atoms with Gasteiger partial charge < -0.3 is 10.3 Å². The van der Waals surface area contributed by atoms with E-state index in [2.05, 4.69) is 29.1 Å². The van der Waals surface area contributed by atoms with Crippen molar-refractivity contribution in [3.05, 3.63) is 22.7 Å². The van der Waals surface area contributed by atoms with Crippen LogP contribution in [0.3, 0.4) is 0 Å². The maximum absolute atomic E-state index is 11.3. The maximum atomic E-state index is 11.3. The van der Waals surface area contributed by atoms with Gasteiger partial charge in [-0.2, -0.15) is 0 Å². The van der Waals surface area contributed by atoms with Crippen LogP contribution in [0, 0.1) is 5.92 Å². The highest BCUT2D eigenvalue weighted by molar-refractivity contribution is 6.21. The second-order valence-corrected chi connectivity index (χ2v) is 4.30. The van der Waals surface area contributed by atoms with Gasteiger partial charge in [-0.3, -0.25) is 4.79 Å². The highest BCUT2D eigenvalue weighted by Crippen LogP contribution is 2.18. The molecule has 5 heteroatoms. The Morgan fingerprint density at radius 2 is 2.19 bits per heavy atom. The van der Waals surface area contributed by atoms with Gasteiger partial charge in [-0.1, -0.05) is 26.7 Å². The average Bonchev–Trinajstić information content (AvgIpc) is 2.29. The molecule has 90 valence electrons. The van der Waals surface area contributed by atoms with Gasteiger partial charge >= 0.3 is 0 Å². The standard InChI is InChI=1S/C11H18ClN3O/c1-3-8(4-2)9(12)7-15-10-11(16)14-6-5-13-10/h5-6,8-9H,3-4,7H2,1-2H3,(H,13,15)(H,14,16). The summed E-state index contributed by atoms with van der Waals surface area (Å²) < 4.78 is 0. The zero-order chi connectivity index (χ0) is 12.0. The van der Waals surface area contributed by atoms with Crippen LogP contribution in [-0.4, -0.2) is 21.9 Å². The summed E-state index contributed by atoms with van der Waals surface area (Å²) in [5, 5.41) is 3.00. The van der Waals surface area contributed by atoms with Crippen molar-refractivity contribution in [1.29, 1.82) is 0 Å². The lowest BCUT2D eigenvalue weighted by Crippen LogP contribution is -2.26. The third-order valence-corrected chi connectivity index (χ3v) is 3.24. The maximum Gasteiger partial charge on any atom is 0.290 e. The van der Waals surface area contributed by atoms with Crippen LogP contribution in [0.15, 0.2) is 17.2 Å². The van der Waals surface area contributed by atoms with Crippen molar-refractivity contribution in [1.82, 2.24) is 9.97 Å². The van der Waals surface area contributed by atoms with Crippen LogP contribution in [0.4, 0.5) is 5.82 Å². The summed E-state index contributed by atoms with van der Waals surface area (Å²) in [7, 11) is 0. The van der Waals surface area contributed by atoms with Crippen molar-refractivity contribution in [2.24, 2.45) is 5.92 Å². The van der Waals surface area contributed by atoms with Crippen LogP contribution >= 0.6 is 11.6 Å². The SMILES string of the molecule is CCC(CC)C(Cl)CNc1ncc[nH]c1=O. The quantitative estimate of drug-likeness (QED) is 0.754. The fourth-order valence-electron chi connectivity index (χ4n) is 1.64. The Morgan fingerprint density at radius 3 is 2.75 bits per heavy atom. The van der Waals surface area contributed by atoms with Crippen LogP contribution in [0.5, 0.6) is 0 Å². The summed E-state index contributed by atoms with van der Waals surface area (Å²) in [6, 6.07) is 0. The van der Waals surface area contributed by atoms with Crippen LogP contribution in [0.2, 0.25) is 0 Å². The van der Waals surface area contributed by atoms with Crippen LogP contribution in [-0.2, 0) is 0 Å². The van der Waals surface area contributed by atoms with Crippen LogP contribution < -0.4 is 10.9 Å². The number of nitrogens with zero attached hydrogens (tertiary/aromatic N) is 1. The highest BCUT2D eigenvalue weighted by Gasteiger charge is 2.15. The van der Waals surface area contributed by atoms with Crippen molar-refractivity contribution in [3.63, 3.8) is 0 Å². The minimum absolute atomic E-state index is 0.0245. The molecule has 16 heavy (non-hydrogen) atoms. The van der Waals surface area contributed by atoms with Crippen LogP contribution in [0.25, 0.3) is 0 Å². The Kier molecular flexibility index (Phi) is 5.32. The van der Waals surface area contributed by atoms with Gasteiger partial charge in [0.1, 0.15) is 0 Å². The summed E-state index contributed by atoms with van der Waals surface area (Å²) in [5.74, 6) is 0.802. The molecule has 0 aromatic carbocycles. The topological polar surface area (TPSA) is 57.8 Å². The third kappa shape index (κ3) is 3.52. The first-order chi connectivity index (χ1) is 7.69. The number of hydrogen-bond donors (Lipinski definition) is 2. The van der Waals surface area contributed by atoms with Gasteiger partial charge in [0.25, 0.3) is 5.56 Å². The number of halogens is 1. The molecule has 0 bridgehead atoms. The summed E-state index contributed by atoms with van der Waals surface area (Å²) >= 11 is 6.25. The van der Waals surface area contributed by atoms with E-state index in [0.717, 1.165) is 12.8 Å². The molecular formula is C11H18ClN3O. The van der Waals surface area contributed by atoms with Crippen molar-refractivity contribution in [2.75, 3.05) is 11.9 Å². The minimum atomic E-state index is -0.212. The molecule has 0 amide bonds. The average molecular weight is 244 g/mol. The number of hydrogen-bond acceptors (Lipinski definition) is 3. The van der Waals surface area contributed by atoms with Crippen molar-refractivity contribution in [3.8, 4) is 0 Å². The third-order valence-electron chi connectivity index (χ3n) is 2.73. The monoisotopic (exact) mass is 243 g/mol. The van der Waals surface area contributed by atoms with E-state index in [0.29, 0.717) is 18.3 Å². The second kappa shape index (κ2) is 6.53. The van der Waals surface area contributed by atoms with E-state index in [9.17, 15) is 4.79 Å². The lowest BCUT2D eigenvalue weighted by atomic mass is 9.99. The van der Waals surface area contributed by atoms with Gasteiger partial charge in [-0.25, -0.2) is 4.98 Å². The second-order valence-electron chi connectivity index (χ2n) is 3.74. The summed E-state index contributed by atoms with van der Waals surface area (Å²) in [6.45, 7) is 4.81. The molecule has 1 rings (SSSR count). The Balaban J connectivity index is 2.52. The molecule has 0 fully saturated rings. The number of aromatic amines is 1. The zero-order valence-electron chi connectivity index (χ0n) is 9.66. The van der Waals surface area contributed by atoms with Crippen molar-refractivity contribution in [2.45, 2.75) is 32.1 Å². The molecule has 0 saturated heterocycles. The zero-order valence-corrected chi connectivity index (χ0v) is 10.4. The van der Waals surface area contributed by atoms with Gasteiger partial charge in [-0.05, 0) is 5.92 Å². The van der Waals surface area contributed by atoms with E-state index in [4.69, 9.17) is 11.6 Å². The Bertz CT molecular complexity index is 362. The fourth-order valence-corrected chi connectivity index (χ4v) is 2.07. The van der Waals surface area contributed by atoms with Gasteiger partial charge in [0, 0.05) is 18.9 Å². The van der Waals surface area contributed by atoms with E-state index < -0.39 is 0 Å². The summed E-state index contributed by atoms with van der Waals surface area (Å²) in [6.07, 6.45) is 5.15. The molecule has 1 aromatic rings. The van der Waals surface area contributed by atoms with E-state index >= 15 is 0 Å². The van der Waals surface area contributed by atoms with Gasteiger partial charge in [-0.15, -0.1) is 11.6 Å². The molecule has 1 aromatic heterocycles. The number of alkyl halides is 1. The molecule has 0 saturated carbocycles.